The molecule has 1 aromatic heterocycles. The number of benzene rings is 2. The first-order chi connectivity index (χ1) is 13.9. The topological polar surface area (TPSA) is 102 Å². The van der Waals surface area contributed by atoms with Gasteiger partial charge in [-0.25, -0.2) is 4.98 Å². The molecule has 0 radical (unpaired) electrons. The Morgan fingerprint density at radius 3 is 2.76 bits per heavy atom. The van der Waals surface area contributed by atoms with E-state index in [1.54, 1.807) is 36.4 Å². The third-order valence-electron chi connectivity index (χ3n) is 4.47. The maximum Gasteiger partial charge on any atom is 0.258 e. The van der Waals surface area contributed by atoms with Crippen LogP contribution in [0.5, 0.6) is 0 Å². The number of halogens is 1. The van der Waals surface area contributed by atoms with Gasteiger partial charge in [-0.2, -0.15) is 5.26 Å². The van der Waals surface area contributed by atoms with E-state index < -0.39 is 0 Å². The average molecular weight is 410 g/mol. The van der Waals surface area contributed by atoms with Gasteiger partial charge in [0.25, 0.3) is 5.56 Å². The first-order valence-corrected chi connectivity index (χ1v) is 9.46. The Labute approximate surface area is 172 Å². The SMILES string of the molecule is CC(C)N(CC(=O)Nc1ccc(C#N)c(Cl)c1)Cc1nc2ccccc2c(=O)[nH]1. The quantitative estimate of drug-likeness (QED) is 0.650. The number of amides is 1. The monoisotopic (exact) mass is 409 g/mol. The Balaban J connectivity index is 1.73. The van der Waals surface area contributed by atoms with Crippen molar-refractivity contribution in [2.75, 3.05) is 11.9 Å². The van der Waals surface area contributed by atoms with E-state index in [4.69, 9.17) is 16.9 Å². The van der Waals surface area contributed by atoms with Gasteiger partial charge in [-0.15, -0.1) is 0 Å². The predicted octanol–water partition coefficient (Wildman–Crippen LogP) is 3.30. The molecule has 1 heterocycles. The number of carbonyl (C=O) groups is 1. The van der Waals surface area contributed by atoms with Crippen molar-refractivity contribution >= 4 is 34.1 Å². The van der Waals surface area contributed by atoms with Gasteiger partial charge >= 0.3 is 0 Å². The van der Waals surface area contributed by atoms with Crippen molar-refractivity contribution in [3.63, 3.8) is 0 Å². The van der Waals surface area contributed by atoms with E-state index in [9.17, 15) is 9.59 Å². The summed E-state index contributed by atoms with van der Waals surface area (Å²) in [6, 6.07) is 13.9. The van der Waals surface area contributed by atoms with Gasteiger partial charge in [-0.05, 0) is 44.2 Å². The Hall–Kier alpha value is -3.21. The number of para-hydroxylation sites is 1. The van der Waals surface area contributed by atoms with Gasteiger partial charge in [0, 0.05) is 11.7 Å². The molecule has 2 aromatic carbocycles. The van der Waals surface area contributed by atoms with Crippen LogP contribution in [0.25, 0.3) is 10.9 Å². The maximum atomic E-state index is 12.5. The summed E-state index contributed by atoms with van der Waals surface area (Å²) in [5, 5.41) is 12.5. The molecular formula is C21H20ClN5O2. The second-order valence-corrected chi connectivity index (χ2v) is 7.29. The molecule has 2 N–H and O–H groups in total. The summed E-state index contributed by atoms with van der Waals surface area (Å²) in [6.45, 7) is 4.35. The number of carbonyl (C=O) groups excluding carboxylic acids is 1. The molecule has 148 valence electrons. The van der Waals surface area contributed by atoms with Gasteiger partial charge in [0.05, 0.1) is 34.6 Å². The second kappa shape index (κ2) is 8.86. The van der Waals surface area contributed by atoms with Crippen LogP contribution < -0.4 is 10.9 Å². The average Bonchev–Trinajstić information content (AvgIpc) is 2.67. The van der Waals surface area contributed by atoms with Crippen molar-refractivity contribution in [2.24, 2.45) is 0 Å². The highest BCUT2D eigenvalue weighted by Crippen LogP contribution is 2.20. The van der Waals surface area contributed by atoms with Crippen molar-refractivity contribution in [3.8, 4) is 6.07 Å². The lowest BCUT2D eigenvalue weighted by Gasteiger charge is -2.25. The van der Waals surface area contributed by atoms with Crippen LogP contribution >= 0.6 is 11.6 Å². The minimum absolute atomic E-state index is 0.0436. The van der Waals surface area contributed by atoms with Crippen LogP contribution in [0.4, 0.5) is 5.69 Å². The van der Waals surface area contributed by atoms with Crippen molar-refractivity contribution < 1.29 is 4.79 Å². The number of aromatic amines is 1. The third kappa shape index (κ3) is 4.99. The zero-order valence-electron chi connectivity index (χ0n) is 16.1. The molecule has 0 unspecified atom stereocenters. The number of nitrogens with zero attached hydrogens (tertiary/aromatic N) is 3. The predicted molar refractivity (Wildman–Crippen MR) is 113 cm³/mol. The highest BCUT2D eigenvalue weighted by Gasteiger charge is 2.17. The molecule has 3 rings (SSSR count). The number of H-pyrrole nitrogens is 1. The lowest BCUT2D eigenvalue weighted by atomic mass is 10.2. The van der Waals surface area contributed by atoms with Crippen LogP contribution in [0, 0.1) is 11.3 Å². The van der Waals surface area contributed by atoms with Crippen LogP contribution in [0.2, 0.25) is 5.02 Å². The molecule has 0 spiro atoms. The van der Waals surface area contributed by atoms with Crippen molar-refractivity contribution in [1.29, 1.82) is 5.26 Å². The molecule has 3 aromatic rings. The molecular weight excluding hydrogens is 390 g/mol. The number of fused-ring (bicyclic) bond motifs is 1. The van der Waals surface area contributed by atoms with Gasteiger partial charge in [0.1, 0.15) is 11.9 Å². The Morgan fingerprint density at radius 1 is 1.31 bits per heavy atom. The summed E-state index contributed by atoms with van der Waals surface area (Å²) in [6.07, 6.45) is 0. The number of nitriles is 1. The van der Waals surface area contributed by atoms with Gasteiger partial charge in [-0.1, -0.05) is 23.7 Å². The Kier molecular flexibility index (Phi) is 6.27. The Bertz CT molecular complexity index is 1150. The smallest absolute Gasteiger partial charge is 0.258 e. The molecule has 0 aliphatic heterocycles. The highest BCUT2D eigenvalue weighted by molar-refractivity contribution is 6.32. The van der Waals surface area contributed by atoms with Crippen LogP contribution in [-0.2, 0) is 11.3 Å². The van der Waals surface area contributed by atoms with Gasteiger partial charge in [0.2, 0.25) is 5.91 Å². The summed E-state index contributed by atoms with van der Waals surface area (Å²) < 4.78 is 0. The van der Waals surface area contributed by atoms with Crippen LogP contribution in [0.15, 0.2) is 47.3 Å². The summed E-state index contributed by atoms with van der Waals surface area (Å²) in [5.41, 5.74) is 1.28. The minimum Gasteiger partial charge on any atom is -0.325 e. The standard InChI is InChI=1S/C21H20ClN5O2/c1-13(2)27(11-19-25-18-6-4-3-5-16(18)21(29)26-19)12-20(28)24-15-8-7-14(10-23)17(22)9-15/h3-9,13H,11-12H2,1-2H3,(H,24,28)(H,25,26,29). The fourth-order valence-corrected chi connectivity index (χ4v) is 3.11. The summed E-state index contributed by atoms with van der Waals surface area (Å²) in [4.78, 5) is 34.0. The first kappa shape index (κ1) is 20.5. The van der Waals surface area contributed by atoms with E-state index in [0.717, 1.165) is 0 Å². The zero-order chi connectivity index (χ0) is 21.0. The number of hydrogen-bond acceptors (Lipinski definition) is 5. The van der Waals surface area contributed by atoms with Gasteiger partial charge < -0.3 is 10.3 Å². The van der Waals surface area contributed by atoms with Crippen LogP contribution in [0.3, 0.4) is 0 Å². The minimum atomic E-state index is -0.234. The molecule has 0 saturated carbocycles. The van der Waals surface area contributed by atoms with E-state index in [-0.39, 0.29) is 29.1 Å². The van der Waals surface area contributed by atoms with Crippen LogP contribution in [0.1, 0.15) is 25.2 Å². The molecule has 0 saturated heterocycles. The lowest BCUT2D eigenvalue weighted by molar-refractivity contribution is -0.117. The molecule has 7 nitrogen and oxygen atoms in total. The van der Waals surface area contributed by atoms with Crippen molar-refractivity contribution in [3.05, 3.63) is 69.2 Å². The number of anilines is 1. The molecule has 29 heavy (non-hydrogen) atoms. The van der Waals surface area contributed by atoms with Crippen molar-refractivity contribution in [1.82, 2.24) is 14.9 Å². The summed E-state index contributed by atoms with van der Waals surface area (Å²) in [5.74, 6) is 0.263. The van der Waals surface area contributed by atoms with E-state index in [0.29, 0.717) is 34.5 Å². The largest absolute Gasteiger partial charge is 0.325 e. The zero-order valence-corrected chi connectivity index (χ0v) is 16.8. The van der Waals surface area contributed by atoms with Gasteiger partial charge in [0.15, 0.2) is 0 Å². The van der Waals surface area contributed by atoms with E-state index >= 15 is 0 Å². The molecule has 0 atom stereocenters. The van der Waals surface area contributed by atoms with Crippen LogP contribution in [-0.4, -0.2) is 33.4 Å². The lowest BCUT2D eigenvalue weighted by Crippen LogP contribution is -2.38. The number of rotatable bonds is 6. The maximum absolute atomic E-state index is 12.5. The molecule has 8 heteroatoms. The summed E-state index contributed by atoms with van der Waals surface area (Å²) in [7, 11) is 0. The molecule has 1 amide bonds. The summed E-state index contributed by atoms with van der Waals surface area (Å²) >= 11 is 6.01. The van der Waals surface area contributed by atoms with E-state index in [1.807, 2.05) is 30.9 Å². The van der Waals surface area contributed by atoms with E-state index in [2.05, 4.69) is 15.3 Å². The molecule has 0 fully saturated rings. The molecule has 0 aliphatic rings. The molecule has 0 bridgehead atoms. The Morgan fingerprint density at radius 2 is 2.07 bits per heavy atom. The number of nitrogens with one attached hydrogen (secondary N) is 2. The first-order valence-electron chi connectivity index (χ1n) is 9.09. The normalized spacial score (nSPS) is 11.0. The van der Waals surface area contributed by atoms with E-state index in [1.165, 1.54) is 0 Å². The fraction of sp³-hybridized carbons (Fsp3) is 0.238. The molecule has 0 aliphatic carbocycles. The van der Waals surface area contributed by atoms with Crippen molar-refractivity contribution in [2.45, 2.75) is 26.4 Å². The number of aromatic nitrogens is 2. The second-order valence-electron chi connectivity index (χ2n) is 6.88. The fourth-order valence-electron chi connectivity index (χ4n) is 2.89. The highest BCUT2D eigenvalue weighted by atomic mass is 35.5. The van der Waals surface area contributed by atoms with Gasteiger partial charge in [-0.3, -0.25) is 14.5 Å². The third-order valence-corrected chi connectivity index (χ3v) is 4.78. The number of hydrogen-bond donors (Lipinski definition) is 2.